The summed E-state index contributed by atoms with van der Waals surface area (Å²) < 4.78 is 5.17. The Kier molecular flexibility index (Phi) is 6.27. The second-order valence-electron chi connectivity index (χ2n) is 6.03. The van der Waals surface area contributed by atoms with Gasteiger partial charge in [0.25, 0.3) is 5.91 Å². The number of amides is 2. The standard InChI is InChI=1S/C22H19N3O3S/c1-4-15-6-5-7-17(12-15)25(13-20(26)23-2)22(27)19-14-29-21(24-19)16-8-10-18(28-3)11-9-16/h1,5-12,14H,13H2,2-3H3,(H,23,26). The molecule has 0 unspecified atom stereocenters. The predicted molar refractivity (Wildman–Crippen MR) is 114 cm³/mol. The van der Waals surface area contributed by atoms with Crippen molar-refractivity contribution >= 4 is 28.8 Å². The van der Waals surface area contributed by atoms with E-state index in [2.05, 4.69) is 16.2 Å². The number of anilines is 1. The van der Waals surface area contributed by atoms with E-state index in [1.807, 2.05) is 24.3 Å². The van der Waals surface area contributed by atoms with Crippen LogP contribution in [0.1, 0.15) is 16.1 Å². The molecule has 3 rings (SSSR count). The van der Waals surface area contributed by atoms with E-state index in [1.165, 1.54) is 23.3 Å². The lowest BCUT2D eigenvalue weighted by Crippen LogP contribution is -2.40. The Morgan fingerprint density at radius 2 is 2.00 bits per heavy atom. The van der Waals surface area contributed by atoms with Crippen LogP contribution >= 0.6 is 11.3 Å². The molecule has 1 heterocycles. The van der Waals surface area contributed by atoms with Crippen molar-refractivity contribution in [3.63, 3.8) is 0 Å². The van der Waals surface area contributed by atoms with Crippen LogP contribution in [0.5, 0.6) is 5.75 Å². The zero-order valence-corrected chi connectivity index (χ0v) is 16.8. The van der Waals surface area contributed by atoms with Crippen molar-refractivity contribution in [3.8, 4) is 28.7 Å². The number of likely N-dealkylation sites (N-methyl/N-ethyl adjacent to an activating group) is 1. The molecule has 0 radical (unpaired) electrons. The van der Waals surface area contributed by atoms with E-state index >= 15 is 0 Å². The molecule has 2 aromatic carbocycles. The second-order valence-corrected chi connectivity index (χ2v) is 6.88. The first-order valence-electron chi connectivity index (χ1n) is 8.74. The van der Waals surface area contributed by atoms with Crippen LogP contribution in [0.15, 0.2) is 53.9 Å². The molecular weight excluding hydrogens is 386 g/mol. The van der Waals surface area contributed by atoms with Crippen LogP contribution in [0.25, 0.3) is 10.6 Å². The molecule has 1 N–H and O–H groups in total. The fraction of sp³-hybridized carbons (Fsp3) is 0.136. The summed E-state index contributed by atoms with van der Waals surface area (Å²) >= 11 is 1.36. The number of ether oxygens (including phenoxy) is 1. The molecule has 0 bridgehead atoms. The van der Waals surface area contributed by atoms with Gasteiger partial charge in [-0.1, -0.05) is 12.0 Å². The topological polar surface area (TPSA) is 71.5 Å². The maximum atomic E-state index is 13.2. The predicted octanol–water partition coefficient (Wildman–Crippen LogP) is 3.19. The van der Waals surface area contributed by atoms with E-state index in [9.17, 15) is 9.59 Å². The maximum absolute atomic E-state index is 13.2. The Morgan fingerprint density at radius 3 is 2.66 bits per heavy atom. The minimum absolute atomic E-state index is 0.140. The number of carbonyl (C=O) groups is 2. The summed E-state index contributed by atoms with van der Waals surface area (Å²) in [5.74, 6) is 2.61. The molecule has 0 aliphatic heterocycles. The summed E-state index contributed by atoms with van der Waals surface area (Å²) in [7, 11) is 3.12. The quantitative estimate of drug-likeness (QED) is 0.640. The number of aromatic nitrogens is 1. The van der Waals surface area contributed by atoms with Gasteiger partial charge in [0.15, 0.2) is 0 Å². The molecule has 2 amide bonds. The van der Waals surface area contributed by atoms with Gasteiger partial charge in [-0.2, -0.15) is 0 Å². The van der Waals surface area contributed by atoms with Gasteiger partial charge in [0.1, 0.15) is 23.0 Å². The summed E-state index contributed by atoms with van der Waals surface area (Å²) in [6, 6.07) is 14.4. The summed E-state index contributed by atoms with van der Waals surface area (Å²) in [6.07, 6.45) is 5.47. The first-order valence-corrected chi connectivity index (χ1v) is 9.62. The van der Waals surface area contributed by atoms with Crippen molar-refractivity contribution < 1.29 is 14.3 Å². The largest absolute Gasteiger partial charge is 0.497 e. The number of hydrogen-bond donors (Lipinski definition) is 1. The molecular formula is C22H19N3O3S. The Labute approximate surface area is 173 Å². The second kappa shape index (κ2) is 9.04. The average molecular weight is 405 g/mol. The van der Waals surface area contributed by atoms with Gasteiger partial charge in [-0.25, -0.2) is 4.98 Å². The molecule has 29 heavy (non-hydrogen) atoms. The van der Waals surface area contributed by atoms with Crippen LogP contribution < -0.4 is 15.0 Å². The fourth-order valence-corrected chi connectivity index (χ4v) is 3.44. The highest BCUT2D eigenvalue weighted by Gasteiger charge is 2.23. The number of nitrogens with one attached hydrogen (secondary N) is 1. The summed E-state index contributed by atoms with van der Waals surface area (Å²) in [6.45, 7) is -0.140. The molecule has 6 nitrogen and oxygen atoms in total. The van der Waals surface area contributed by atoms with Crippen LogP contribution in [0, 0.1) is 12.3 Å². The molecule has 0 spiro atoms. The van der Waals surface area contributed by atoms with E-state index in [1.54, 1.807) is 36.8 Å². The molecule has 0 atom stereocenters. The average Bonchev–Trinajstić information content (AvgIpc) is 3.27. The molecule has 0 fully saturated rings. The summed E-state index contributed by atoms with van der Waals surface area (Å²) in [5, 5.41) is 4.93. The van der Waals surface area contributed by atoms with Crippen LogP contribution in [0.2, 0.25) is 0 Å². The molecule has 0 saturated heterocycles. The third-order valence-corrected chi connectivity index (χ3v) is 5.10. The number of thiazole rings is 1. The maximum Gasteiger partial charge on any atom is 0.278 e. The molecule has 0 aliphatic carbocycles. The van der Waals surface area contributed by atoms with Crippen molar-refractivity contribution in [2.45, 2.75) is 0 Å². The van der Waals surface area contributed by atoms with Gasteiger partial charge >= 0.3 is 0 Å². The molecule has 0 saturated carbocycles. The molecule has 3 aromatic rings. The molecule has 146 valence electrons. The summed E-state index contributed by atoms with van der Waals surface area (Å²) in [4.78, 5) is 31.0. The lowest BCUT2D eigenvalue weighted by atomic mass is 10.2. The lowest BCUT2D eigenvalue weighted by Gasteiger charge is -2.21. The van der Waals surface area contributed by atoms with Gasteiger partial charge in [-0.15, -0.1) is 17.8 Å². The molecule has 1 aromatic heterocycles. The number of methoxy groups -OCH3 is 1. The van der Waals surface area contributed by atoms with Gasteiger partial charge in [0.05, 0.1) is 7.11 Å². The van der Waals surface area contributed by atoms with Crippen molar-refractivity contribution in [3.05, 3.63) is 65.2 Å². The first kappa shape index (κ1) is 20.1. The third-order valence-electron chi connectivity index (χ3n) is 4.21. The number of rotatable bonds is 6. The number of benzene rings is 2. The third kappa shape index (κ3) is 4.62. The van der Waals surface area contributed by atoms with Crippen LogP contribution in [0.4, 0.5) is 5.69 Å². The van der Waals surface area contributed by atoms with Gasteiger partial charge in [-0.05, 0) is 42.5 Å². The van der Waals surface area contributed by atoms with E-state index in [-0.39, 0.29) is 24.1 Å². The van der Waals surface area contributed by atoms with Gasteiger partial charge in [0, 0.05) is 29.2 Å². The lowest BCUT2D eigenvalue weighted by molar-refractivity contribution is -0.119. The van der Waals surface area contributed by atoms with Crippen LogP contribution in [-0.2, 0) is 4.79 Å². The zero-order valence-electron chi connectivity index (χ0n) is 16.0. The first-order chi connectivity index (χ1) is 14.0. The highest BCUT2D eigenvalue weighted by atomic mass is 32.1. The normalized spacial score (nSPS) is 10.1. The smallest absolute Gasteiger partial charge is 0.278 e. The van der Waals surface area contributed by atoms with Crippen LogP contribution in [-0.4, -0.2) is 37.5 Å². The van der Waals surface area contributed by atoms with E-state index in [4.69, 9.17) is 11.2 Å². The number of nitrogens with zero attached hydrogens (tertiary/aromatic N) is 2. The minimum atomic E-state index is -0.376. The highest BCUT2D eigenvalue weighted by molar-refractivity contribution is 7.13. The SMILES string of the molecule is C#Cc1cccc(N(CC(=O)NC)C(=O)c2csc(-c3ccc(OC)cc3)n2)c1. The van der Waals surface area contributed by atoms with Gasteiger partial charge in [-0.3, -0.25) is 14.5 Å². The Bertz CT molecular complexity index is 1070. The minimum Gasteiger partial charge on any atom is -0.497 e. The van der Waals surface area contributed by atoms with Gasteiger partial charge in [0.2, 0.25) is 5.91 Å². The Morgan fingerprint density at radius 1 is 1.24 bits per heavy atom. The highest BCUT2D eigenvalue weighted by Crippen LogP contribution is 2.27. The number of terminal acetylenes is 1. The van der Waals surface area contributed by atoms with Crippen molar-refractivity contribution in [2.24, 2.45) is 0 Å². The van der Waals surface area contributed by atoms with Crippen molar-refractivity contribution in [1.29, 1.82) is 0 Å². The van der Waals surface area contributed by atoms with E-state index in [0.29, 0.717) is 16.3 Å². The van der Waals surface area contributed by atoms with Crippen LogP contribution in [0.3, 0.4) is 0 Å². The molecule has 7 heteroatoms. The van der Waals surface area contributed by atoms with Crippen molar-refractivity contribution in [2.75, 3.05) is 25.6 Å². The zero-order chi connectivity index (χ0) is 20.8. The Hall–Kier alpha value is -3.63. The fourth-order valence-electron chi connectivity index (χ4n) is 2.64. The summed E-state index contributed by atoms with van der Waals surface area (Å²) in [5.41, 5.74) is 2.29. The molecule has 0 aliphatic rings. The number of carbonyl (C=O) groups excluding carboxylic acids is 2. The van der Waals surface area contributed by atoms with E-state index in [0.717, 1.165) is 11.3 Å². The Balaban J connectivity index is 1.92. The number of hydrogen-bond acceptors (Lipinski definition) is 5. The van der Waals surface area contributed by atoms with Crippen molar-refractivity contribution in [1.82, 2.24) is 10.3 Å². The van der Waals surface area contributed by atoms with E-state index < -0.39 is 0 Å². The monoisotopic (exact) mass is 405 g/mol. The van der Waals surface area contributed by atoms with Gasteiger partial charge < -0.3 is 10.1 Å².